The van der Waals surface area contributed by atoms with Gasteiger partial charge in [-0.05, 0) is 12.5 Å². The number of rotatable bonds is 1. The second kappa shape index (κ2) is 3.33. The van der Waals surface area contributed by atoms with Crippen molar-refractivity contribution >= 4 is 17.2 Å². The number of thiocarbonyl (C=S) groups is 1. The minimum atomic E-state index is 0.273. The lowest BCUT2D eigenvalue weighted by molar-refractivity contribution is 1.38. The standard InChI is InChI=1S/C9H8N2S/c1-6-3-2-4-7(9(11)12)8(6)5-10/h2-4H,1H3,(H2,11,12). The number of nitriles is 1. The van der Waals surface area contributed by atoms with Crippen molar-refractivity contribution in [3.05, 3.63) is 34.9 Å². The Hall–Kier alpha value is -1.40. The molecule has 0 aliphatic heterocycles. The van der Waals surface area contributed by atoms with Gasteiger partial charge in [0.15, 0.2) is 0 Å². The van der Waals surface area contributed by atoms with Crippen molar-refractivity contribution in [3.63, 3.8) is 0 Å². The Bertz CT molecular complexity index is 363. The molecule has 0 aliphatic carbocycles. The van der Waals surface area contributed by atoms with Gasteiger partial charge in [-0.1, -0.05) is 30.4 Å². The van der Waals surface area contributed by atoms with Gasteiger partial charge in [-0.3, -0.25) is 0 Å². The minimum absolute atomic E-state index is 0.273. The topological polar surface area (TPSA) is 49.8 Å². The zero-order valence-electron chi connectivity index (χ0n) is 6.66. The molecule has 1 aromatic carbocycles. The summed E-state index contributed by atoms with van der Waals surface area (Å²) in [6.45, 7) is 1.86. The lowest BCUT2D eigenvalue weighted by atomic mass is 10.0. The molecule has 0 aliphatic rings. The first-order valence-corrected chi connectivity index (χ1v) is 3.87. The van der Waals surface area contributed by atoms with Gasteiger partial charge in [0.1, 0.15) is 11.1 Å². The van der Waals surface area contributed by atoms with Crippen molar-refractivity contribution in [1.29, 1.82) is 5.26 Å². The maximum Gasteiger partial charge on any atom is 0.105 e. The van der Waals surface area contributed by atoms with Gasteiger partial charge in [0.2, 0.25) is 0 Å². The van der Waals surface area contributed by atoms with Crippen LogP contribution < -0.4 is 5.73 Å². The highest BCUT2D eigenvalue weighted by molar-refractivity contribution is 7.80. The van der Waals surface area contributed by atoms with Crippen molar-refractivity contribution in [2.45, 2.75) is 6.92 Å². The van der Waals surface area contributed by atoms with E-state index in [-0.39, 0.29) is 4.99 Å². The molecule has 3 heteroatoms. The molecule has 0 fully saturated rings. The molecule has 2 nitrogen and oxygen atoms in total. The third-order valence-corrected chi connectivity index (χ3v) is 1.87. The van der Waals surface area contributed by atoms with E-state index in [9.17, 15) is 0 Å². The number of hydrogen-bond donors (Lipinski definition) is 1. The van der Waals surface area contributed by atoms with Gasteiger partial charge in [0.05, 0.1) is 5.56 Å². The summed E-state index contributed by atoms with van der Waals surface area (Å²) in [5.41, 5.74) is 7.58. The second-order valence-corrected chi connectivity index (χ2v) is 2.91. The zero-order valence-corrected chi connectivity index (χ0v) is 7.48. The lowest BCUT2D eigenvalue weighted by Gasteiger charge is -2.02. The van der Waals surface area contributed by atoms with Crippen LogP contribution in [-0.2, 0) is 0 Å². The Kier molecular flexibility index (Phi) is 2.41. The van der Waals surface area contributed by atoms with E-state index >= 15 is 0 Å². The van der Waals surface area contributed by atoms with Gasteiger partial charge in [0, 0.05) is 5.56 Å². The minimum Gasteiger partial charge on any atom is -0.389 e. The van der Waals surface area contributed by atoms with E-state index in [2.05, 4.69) is 6.07 Å². The molecule has 0 saturated carbocycles. The predicted molar refractivity (Wildman–Crippen MR) is 51.8 cm³/mol. The summed E-state index contributed by atoms with van der Waals surface area (Å²) in [4.78, 5) is 0.273. The van der Waals surface area contributed by atoms with Crippen LogP contribution >= 0.6 is 12.2 Å². The average molecular weight is 176 g/mol. The molecule has 0 amide bonds. The molecule has 0 bridgehead atoms. The first-order chi connectivity index (χ1) is 5.66. The smallest absolute Gasteiger partial charge is 0.105 e. The molecule has 60 valence electrons. The van der Waals surface area contributed by atoms with Crippen LogP contribution in [0.25, 0.3) is 0 Å². The largest absolute Gasteiger partial charge is 0.389 e. The first kappa shape index (κ1) is 8.69. The summed E-state index contributed by atoms with van der Waals surface area (Å²) in [5, 5.41) is 8.78. The highest BCUT2D eigenvalue weighted by Gasteiger charge is 2.05. The fourth-order valence-electron chi connectivity index (χ4n) is 1.02. The number of nitrogens with zero attached hydrogens (tertiary/aromatic N) is 1. The summed E-state index contributed by atoms with van der Waals surface area (Å²) < 4.78 is 0. The SMILES string of the molecule is Cc1cccc(C(N)=S)c1C#N. The van der Waals surface area contributed by atoms with E-state index in [1.165, 1.54) is 0 Å². The number of aryl methyl sites for hydroxylation is 1. The molecule has 12 heavy (non-hydrogen) atoms. The van der Waals surface area contributed by atoms with Crippen LogP contribution in [0.15, 0.2) is 18.2 Å². The molecule has 0 spiro atoms. The van der Waals surface area contributed by atoms with E-state index < -0.39 is 0 Å². The molecule has 1 aromatic rings. The molecule has 0 atom stereocenters. The van der Waals surface area contributed by atoms with Crippen molar-refractivity contribution in [1.82, 2.24) is 0 Å². The summed E-state index contributed by atoms with van der Waals surface area (Å²) in [7, 11) is 0. The van der Waals surface area contributed by atoms with Crippen molar-refractivity contribution in [2.75, 3.05) is 0 Å². The van der Waals surface area contributed by atoms with Crippen molar-refractivity contribution in [2.24, 2.45) is 5.73 Å². The quantitative estimate of drug-likeness (QED) is 0.660. The Balaban J connectivity index is 3.40. The monoisotopic (exact) mass is 176 g/mol. The van der Waals surface area contributed by atoms with Gasteiger partial charge in [-0.15, -0.1) is 0 Å². The Morgan fingerprint density at radius 3 is 2.67 bits per heavy atom. The van der Waals surface area contributed by atoms with Crippen LogP contribution in [0.3, 0.4) is 0 Å². The molecule has 1 rings (SSSR count). The van der Waals surface area contributed by atoms with E-state index in [0.29, 0.717) is 11.1 Å². The van der Waals surface area contributed by atoms with Crippen LogP contribution in [0.4, 0.5) is 0 Å². The highest BCUT2D eigenvalue weighted by atomic mass is 32.1. The lowest BCUT2D eigenvalue weighted by Crippen LogP contribution is -2.11. The zero-order chi connectivity index (χ0) is 9.14. The van der Waals surface area contributed by atoms with E-state index in [1.54, 1.807) is 6.07 Å². The van der Waals surface area contributed by atoms with Crippen LogP contribution in [0.2, 0.25) is 0 Å². The number of benzene rings is 1. The van der Waals surface area contributed by atoms with E-state index in [0.717, 1.165) is 5.56 Å². The van der Waals surface area contributed by atoms with Gasteiger partial charge >= 0.3 is 0 Å². The molecule has 0 aromatic heterocycles. The summed E-state index contributed by atoms with van der Waals surface area (Å²) >= 11 is 4.80. The first-order valence-electron chi connectivity index (χ1n) is 3.46. The van der Waals surface area contributed by atoms with Crippen LogP contribution in [0, 0.1) is 18.3 Å². The molecule has 0 heterocycles. The molecule has 0 radical (unpaired) electrons. The molecular weight excluding hydrogens is 168 g/mol. The molecule has 2 N–H and O–H groups in total. The van der Waals surface area contributed by atoms with E-state index in [4.69, 9.17) is 23.2 Å². The molecule has 0 saturated heterocycles. The Morgan fingerprint density at radius 1 is 1.58 bits per heavy atom. The van der Waals surface area contributed by atoms with E-state index in [1.807, 2.05) is 19.1 Å². The summed E-state index contributed by atoms with van der Waals surface area (Å²) in [6, 6.07) is 7.53. The van der Waals surface area contributed by atoms with Gasteiger partial charge < -0.3 is 5.73 Å². The molecular formula is C9H8N2S. The third kappa shape index (κ3) is 1.44. The van der Waals surface area contributed by atoms with Crippen molar-refractivity contribution < 1.29 is 0 Å². The Morgan fingerprint density at radius 2 is 2.25 bits per heavy atom. The predicted octanol–water partition coefficient (Wildman–Crippen LogP) is 1.50. The number of nitrogens with two attached hydrogens (primary N) is 1. The average Bonchev–Trinajstić information content (AvgIpc) is 2.03. The molecule has 0 unspecified atom stereocenters. The van der Waals surface area contributed by atoms with Gasteiger partial charge in [-0.2, -0.15) is 5.26 Å². The Labute approximate surface area is 76.6 Å². The van der Waals surface area contributed by atoms with Crippen molar-refractivity contribution in [3.8, 4) is 6.07 Å². The second-order valence-electron chi connectivity index (χ2n) is 2.47. The summed E-state index contributed by atoms with van der Waals surface area (Å²) in [6.07, 6.45) is 0. The summed E-state index contributed by atoms with van der Waals surface area (Å²) in [5.74, 6) is 0. The van der Waals surface area contributed by atoms with Gasteiger partial charge in [0.25, 0.3) is 0 Å². The fourth-order valence-corrected chi connectivity index (χ4v) is 1.19. The van der Waals surface area contributed by atoms with Crippen LogP contribution in [0.5, 0.6) is 0 Å². The highest BCUT2D eigenvalue weighted by Crippen LogP contribution is 2.12. The maximum atomic E-state index is 8.78. The van der Waals surface area contributed by atoms with Crippen LogP contribution in [0.1, 0.15) is 16.7 Å². The van der Waals surface area contributed by atoms with Crippen LogP contribution in [-0.4, -0.2) is 4.99 Å². The third-order valence-electron chi connectivity index (χ3n) is 1.65. The fraction of sp³-hybridized carbons (Fsp3) is 0.111. The number of hydrogen-bond acceptors (Lipinski definition) is 2. The van der Waals surface area contributed by atoms with Gasteiger partial charge in [-0.25, -0.2) is 0 Å². The maximum absolute atomic E-state index is 8.78. The normalized spacial score (nSPS) is 9.00.